The first kappa shape index (κ1) is 11.6. The van der Waals surface area contributed by atoms with Crippen molar-refractivity contribution < 1.29 is 0 Å². The first-order valence-corrected chi connectivity index (χ1v) is 6.99. The summed E-state index contributed by atoms with van der Waals surface area (Å²) >= 11 is 7.77. The molecule has 1 aromatic carbocycles. The number of benzene rings is 1. The number of para-hydroxylation sites is 1. The smallest absolute Gasteiger partial charge is 0.133 e. The van der Waals surface area contributed by atoms with Crippen molar-refractivity contribution in [2.24, 2.45) is 0 Å². The van der Waals surface area contributed by atoms with Crippen molar-refractivity contribution in [1.29, 1.82) is 0 Å². The molecule has 0 saturated carbocycles. The molecule has 90 valence electrons. The number of pyridine rings is 1. The molecular formula is C14H11ClN2S. The number of hydrogen-bond acceptors (Lipinski definition) is 2. The fourth-order valence-corrected chi connectivity index (χ4v) is 3.01. The van der Waals surface area contributed by atoms with Crippen LogP contribution in [0, 0.1) is 0 Å². The van der Waals surface area contributed by atoms with Gasteiger partial charge < -0.3 is 4.98 Å². The van der Waals surface area contributed by atoms with Crippen molar-refractivity contribution in [2.75, 3.05) is 0 Å². The van der Waals surface area contributed by atoms with E-state index in [0.29, 0.717) is 5.15 Å². The highest BCUT2D eigenvalue weighted by Crippen LogP contribution is 2.27. The van der Waals surface area contributed by atoms with Gasteiger partial charge in [0, 0.05) is 22.9 Å². The highest BCUT2D eigenvalue weighted by atomic mass is 35.5. The molecular weight excluding hydrogens is 264 g/mol. The third-order valence-corrected chi connectivity index (χ3v) is 4.05. The third-order valence-electron chi connectivity index (χ3n) is 2.72. The number of rotatable bonds is 3. The van der Waals surface area contributed by atoms with E-state index in [1.165, 1.54) is 5.39 Å². The Bertz CT molecular complexity index is 645. The molecule has 2 heterocycles. The van der Waals surface area contributed by atoms with Gasteiger partial charge in [0.25, 0.3) is 0 Å². The molecule has 2 nitrogen and oxygen atoms in total. The lowest BCUT2D eigenvalue weighted by Crippen LogP contribution is -1.84. The first-order valence-electron chi connectivity index (χ1n) is 5.63. The number of halogens is 1. The summed E-state index contributed by atoms with van der Waals surface area (Å²) in [6.45, 7) is 0. The van der Waals surface area contributed by atoms with E-state index in [1.54, 1.807) is 18.0 Å². The van der Waals surface area contributed by atoms with E-state index in [2.05, 4.69) is 28.2 Å². The van der Waals surface area contributed by atoms with Crippen LogP contribution in [0.25, 0.3) is 10.9 Å². The molecule has 4 heteroatoms. The number of aromatic amines is 1. The van der Waals surface area contributed by atoms with Gasteiger partial charge >= 0.3 is 0 Å². The monoisotopic (exact) mass is 274 g/mol. The van der Waals surface area contributed by atoms with E-state index in [9.17, 15) is 0 Å². The minimum Gasteiger partial charge on any atom is -0.350 e. The van der Waals surface area contributed by atoms with Gasteiger partial charge in [-0.05, 0) is 23.8 Å². The minimum atomic E-state index is 0.584. The Hall–Kier alpha value is -1.45. The Morgan fingerprint density at radius 1 is 1.17 bits per heavy atom. The Labute approximate surface area is 114 Å². The Kier molecular flexibility index (Phi) is 3.26. The Morgan fingerprint density at radius 3 is 2.89 bits per heavy atom. The maximum atomic E-state index is 6.03. The number of H-pyrrole nitrogens is 1. The van der Waals surface area contributed by atoms with E-state index in [0.717, 1.165) is 21.9 Å². The van der Waals surface area contributed by atoms with E-state index in [1.807, 2.05) is 24.3 Å². The van der Waals surface area contributed by atoms with Crippen LogP contribution in [0.1, 0.15) is 5.56 Å². The van der Waals surface area contributed by atoms with Gasteiger partial charge in [0.2, 0.25) is 0 Å². The maximum Gasteiger partial charge on any atom is 0.133 e. The van der Waals surface area contributed by atoms with Crippen LogP contribution in [0.15, 0.2) is 53.7 Å². The predicted octanol–water partition coefficient (Wildman–Crippen LogP) is 4.51. The van der Waals surface area contributed by atoms with Gasteiger partial charge in [-0.1, -0.05) is 35.9 Å². The normalized spacial score (nSPS) is 10.9. The van der Waals surface area contributed by atoms with Crippen LogP contribution in [0.3, 0.4) is 0 Å². The van der Waals surface area contributed by atoms with E-state index in [-0.39, 0.29) is 0 Å². The summed E-state index contributed by atoms with van der Waals surface area (Å²) in [7, 11) is 0. The summed E-state index contributed by atoms with van der Waals surface area (Å²) in [5, 5.41) is 2.97. The second kappa shape index (κ2) is 5.04. The van der Waals surface area contributed by atoms with Gasteiger partial charge in [0.05, 0.1) is 5.03 Å². The number of aromatic nitrogens is 2. The summed E-state index contributed by atoms with van der Waals surface area (Å²) in [4.78, 5) is 7.46. The van der Waals surface area contributed by atoms with Crippen molar-refractivity contribution in [1.82, 2.24) is 9.97 Å². The van der Waals surface area contributed by atoms with Crippen LogP contribution in [0.5, 0.6) is 0 Å². The van der Waals surface area contributed by atoms with Crippen LogP contribution in [-0.4, -0.2) is 9.97 Å². The molecule has 0 bridgehead atoms. The van der Waals surface area contributed by atoms with E-state index >= 15 is 0 Å². The summed E-state index contributed by atoms with van der Waals surface area (Å²) < 4.78 is 0. The van der Waals surface area contributed by atoms with Crippen molar-refractivity contribution in [2.45, 2.75) is 10.8 Å². The number of nitrogens with zero attached hydrogens (tertiary/aromatic N) is 1. The van der Waals surface area contributed by atoms with Crippen molar-refractivity contribution in [3.8, 4) is 0 Å². The van der Waals surface area contributed by atoms with Crippen molar-refractivity contribution in [3.63, 3.8) is 0 Å². The van der Waals surface area contributed by atoms with Crippen LogP contribution >= 0.6 is 23.4 Å². The van der Waals surface area contributed by atoms with Crippen molar-refractivity contribution in [3.05, 3.63) is 59.4 Å². The average molecular weight is 275 g/mol. The number of thioether (sulfide) groups is 1. The molecule has 0 aliphatic heterocycles. The zero-order chi connectivity index (χ0) is 12.4. The van der Waals surface area contributed by atoms with E-state index in [4.69, 9.17) is 11.6 Å². The maximum absolute atomic E-state index is 6.03. The van der Waals surface area contributed by atoms with Gasteiger partial charge in [-0.2, -0.15) is 0 Å². The molecule has 0 aliphatic rings. The molecule has 0 spiro atoms. The van der Waals surface area contributed by atoms with Gasteiger partial charge in [0.1, 0.15) is 5.15 Å². The Balaban J connectivity index is 1.79. The lowest BCUT2D eigenvalue weighted by atomic mass is 10.3. The lowest BCUT2D eigenvalue weighted by molar-refractivity contribution is 1.21. The van der Waals surface area contributed by atoms with Crippen LogP contribution < -0.4 is 0 Å². The second-order valence-electron chi connectivity index (χ2n) is 3.96. The number of fused-ring (bicyclic) bond motifs is 1. The predicted molar refractivity (Wildman–Crippen MR) is 77.1 cm³/mol. The topological polar surface area (TPSA) is 28.7 Å². The largest absolute Gasteiger partial charge is 0.350 e. The molecule has 18 heavy (non-hydrogen) atoms. The molecule has 0 saturated heterocycles. The standard InChI is InChI=1S/C14H11ClN2S/c15-14-11(5-3-7-16-14)9-18-13-8-10-4-1-2-6-12(10)17-13/h1-8,17H,9H2. The number of hydrogen-bond donors (Lipinski definition) is 1. The highest BCUT2D eigenvalue weighted by Gasteiger charge is 2.04. The van der Waals surface area contributed by atoms with Crippen LogP contribution in [0.2, 0.25) is 5.15 Å². The van der Waals surface area contributed by atoms with Gasteiger partial charge in [0.15, 0.2) is 0 Å². The lowest BCUT2D eigenvalue weighted by Gasteiger charge is -2.01. The van der Waals surface area contributed by atoms with Gasteiger partial charge in [-0.3, -0.25) is 0 Å². The molecule has 0 aliphatic carbocycles. The van der Waals surface area contributed by atoms with E-state index < -0.39 is 0 Å². The quantitative estimate of drug-likeness (QED) is 0.562. The molecule has 3 rings (SSSR count). The minimum absolute atomic E-state index is 0.584. The average Bonchev–Trinajstić information content (AvgIpc) is 2.80. The van der Waals surface area contributed by atoms with Gasteiger partial charge in [-0.15, -0.1) is 11.8 Å². The van der Waals surface area contributed by atoms with Gasteiger partial charge in [-0.25, -0.2) is 4.98 Å². The van der Waals surface area contributed by atoms with Crippen molar-refractivity contribution >= 4 is 34.3 Å². The van der Waals surface area contributed by atoms with Crippen LogP contribution in [-0.2, 0) is 5.75 Å². The molecule has 0 fully saturated rings. The zero-order valence-corrected chi connectivity index (χ0v) is 11.1. The molecule has 1 N–H and O–H groups in total. The molecule has 2 aromatic heterocycles. The summed E-state index contributed by atoms with van der Waals surface area (Å²) in [5.41, 5.74) is 2.22. The molecule has 0 radical (unpaired) electrons. The van der Waals surface area contributed by atoms with Crippen LogP contribution in [0.4, 0.5) is 0 Å². The molecule has 0 amide bonds. The summed E-state index contributed by atoms with van der Waals surface area (Å²) in [6.07, 6.45) is 1.71. The fourth-order valence-electron chi connectivity index (χ4n) is 1.81. The molecule has 3 aromatic rings. The highest BCUT2D eigenvalue weighted by molar-refractivity contribution is 7.98. The fraction of sp³-hybridized carbons (Fsp3) is 0.0714. The first-order chi connectivity index (χ1) is 8.83. The third kappa shape index (κ3) is 2.37. The summed E-state index contributed by atoms with van der Waals surface area (Å²) in [5.74, 6) is 0.819. The number of nitrogens with one attached hydrogen (secondary N) is 1. The Morgan fingerprint density at radius 2 is 2.06 bits per heavy atom. The second-order valence-corrected chi connectivity index (χ2v) is 5.34. The molecule has 0 atom stereocenters. The SMILES string of the molecule is Clc1ncccc1CSc1cc2ccccc2[nH]1. The molecule has 0 unspecified atom stereocenters. The summed E-state index contributed by atoms with van der Waals surface area (Å²) in [6, 6.07) is 14.3. The zero-order valence-electron chi connectivity index (χ0n) is 9.56.